The number of aryl methyl sites for hydroxylation is 2. The summed E-state index contributed by atoms with van der Waals surface area (Å²) in [6, 6.07) is 8.48. The van der Waals surface area contributed by atoms with Crippen LogP contribution in [-0.2, 0) is 9.53 Å². The fraction of sp³-hybridized carbons (Fsp3) is 0.333. The van der Waals surface area contributed by atoms with Gasteiger partial charge in [0.2, 0.25) is 0 Å². The largest absolute Gasteiger partial charge is 0.378 e. The van der Waals surface area contributed by atoms with Crippen molar-refractivity contribution < 1.29 is 9.53 Å². The van der Waals surface area contributed by atoms with E-state index < -0.39 is 5.91 Å². The van der Waals surface area contributed by atoms with Gasteiger partial charge in [-0.2, -0.15) is 0 Å². The lowest BCUT2D eigenvalue weighted by Gasteiger charge is -2.28. The highest BCUT2D eigenvalue weighted by Gasteiger charge is 2.19. The second-order valence-corrected chi connectivity index (χ2v) is 8.58. The summed E-state index contributed by atoms with van der Waals surface area (Å²) in [5.41, 5.74) is 13.3. The van der Waals surface area contributed by atoms with E-state index >= 15 is 0 Å². The van der Waals surface area contributed by atoms with Gasteiger partial charge in [0.05, 0.1) is 24.5 Å². The number of anilines is 1. The standard InChI is InChI=1S/C27H32N4O2/c1-4-5-6-20(21-13-18(2)16-29-17-21)14-24(27(28)32)26-19(3)23-8-7-22(15-25(23)30-26)31-9-11-33-12-10-31/h6-8,13-17,30H,4-5,9-12H2,1-3H3,(H2,28,32)/b20-6-,24-14+. The summed E-state index contributed by atoms with van der Waals surface area (Å²) >= 11 is 0. The maximum atomic E-state index is 12.6. The van der Waals surface area contributed by atoms with E-state index in [1.807, 2.05) is 32.3 Å². The molecular formula is C27H32N4O2. The third-order valence-corrected chi connectivity index (χ3v) is 6.11. The summed E-state index contributed by atoms with van der Waals surface area (Å²) in [4.78, 5) is 22.8. The molecule has 1 aromatic carbocycles. The maximum Gasteiger partial charge on any atom is 0.250 e. The molecule has 33 heavy (non-hydrogen) atoms. The number of nitrogens with two attached hydrogens (primary N) is 1. The number of allylic oxidation sites excluding steroid dienone is 3. The van der Waals surface area contributed by atoms with Crippen LogP contribution in [0.15, 0.2) is 48.8 Å². The number of H-pyrrole nitrogens is 1. The lowest BCUT2D eigenvalue weighted by atomic mass is 9.98. The molecule has 1 aliphatic heterocycles. The number of carbonyl (C=O) groups excluding carboxylic acids is 1. The molecule has 172 valence electrons. The van der Waals surface area contributed by atoms with Crippen molar-refractivity contribution in [2.24, 2.45) is 5.73 Å². The van der Waals surface area contributed by atoms with Gasteiger partial charge in [-0.25, -0.2) is 0 Å². The topological polar surface area (TPSA) is 84.2 Å². The molecule has 1 aliphatic rings. The molecule has 3 N–H and O–H groups in total. The normalized spacial score (nSPS) is 15.3. The number of aromatic amines is 1. The number of hydrogen-bond donors (Lipinski definition) is 2. The highest BCUT2D eigenvalue weighted by Crippen LogP contribution is 2.32. The van der Waals surface area contributed by atoms with E-state index in [4.69, 9.17) is 10.5 Å². The number of fused-ring (bicyclic) bond motifs is 1. The van der Waals surface area contributed by atoms with E-state index in [-0.39, 0.29) is 0 Å². The SMILES string of the molecule is CCC/C=C(/C=C(/C(N)=O)c1[nH]c2cc(N3CCOCC3)ccc2c1C)c1cncc(C)c1. The third kappa shape index (κ3) is 5.01. The Balaban J connectivity index is 1.78. The predicted molar refractivity (Wildman–Crippen MR) is 135 cm³/mol. The molecule has 0 bridgehead atoms. The van der Waals surface area contributed by atoms with Gasteiger partial charge in [0.25, 0.3) is 5.91 Å². The average Bonchev–Trinajstić information content (AvgIpc) is 3.15. The van der Waals surface area contributed by atoms with Crippen LogP contribution >= 0.6 is 0 Å². The van der Waals surface area contributed by atoms with Crippen molar-refractivity contribution in [3.8, 4) is 0 Å². The van der Waals surface area contributed by atoms with Gasteiger partial charge in [0.15, 0.2) is 0 Å². The number of hydrogen-bond acceptors (Lipinski definition) is 4. The van der Waals surface area contributed by atoms with E-state index in [1.165, 1.54) is 0 Å². The van der Waals surface area contributed by atoms with E-state index in [9.17, 15) is 4.79 Å². The Morgan fingerprint density at radius 2 is 2.00 bits per heavy atom. The molecule has 0 aliphatic carbocycles. The van der Waals surface area contributed by atoms with Crippen molar-refractivity contribution >= 4 is 33.6 Å². The fourth-order valence-electron chi connectivity index (χ4n) is 4.31. The van der Waals surface area contributed by atoms with E-state index in [0.29, 0.717) is 5.57 Å². The number of benzene rings is 1. The second kappa shape index (κ2) is 10.0. The molecular weight excluding hydrogens is 412 g/mol. The van der Waals surface area contributed by atoms with Crippen LogP contribution in [0, 0.1) is 13.8 Å². The first kappa shape index (κ1) is 22.8. The maximum absolute atomic E-state index is 12.6. The third-order valence-electron chi connectivity index (χ3n) is 6.11. The summed E-state index contributed by atoms with van der Waals surface area (Å²) in [5, 5.41) is 1.09. The van der Waals surface area contributed by atoms with Crippen molar-refractivity contribution in [2.45, 2.75) is 33.6 Å². The molecule has 3 heterocycles. The van der Waals surface area contributed by atoms with E-state index in [0.717, 1.165) is 83.7 Å². The van der Waals surface area contributed by atoms with Crippen LogP contribution in [0.3, 0.4) is 0 Å². The van der Waals surface area contributed by atoms with Crippen LogP contribution in [0.25, 0.3) is 22.0 Å². The first-order valence-corrected chi connectivity index (χ1v) is 11.6. The van der Waals surface area contributed by atoms with Gasteiger partial charge in [-0.3, -0.25) is 9.78 Å². The Hall–Kier alpha value is -3.38. The second-order valence-electron chi connectivity index (χ2n) is 8.58. The zero-order chi connectivity index (χ0) is 23.4. The number of ether oxygens (including phenoxy) is 1. The number of carbonyl (C=O) groups is 1. The van der Waals surface area contributed by atoms with Crippen LogP contribution in [0.1, 0.15) is 42.1 Å². The summed E-state index contributed by atoms with van der Waals surface area (Å²) in [7, 11) is 0. The molecule has 0 spiro atoms. The monoisotopic (exact) mass is 444 g/mol. The molecule has 0 radical (unpaired) electrons. The zero-order valence-electron chi connectivity index (χ0n) is 19.6. The molecule has 1 fully saturated rings. The van der Waals surface area contributed by atoms with Gasteiger partial charge in [-0.05, 0) is 66.8 Å². The first-order chi connectivity index (χ1) is 16.0. The van der Waals surface area contributed by atoms with Crippen LogP contribution in [-0.4, -0.2) is 42.2 Å². The highest BCUT2D eigenvalue weighted by molar-refractivity contribution is 6.21. The van der Waals surface area contributed by atoms with Crippen molar-refractivity contribution in [3.63, 3.8) is 0 Å². The van der Waals surface area contributed by atoms with E-state index in [2.05, 4.69) is 52.1 Å². The number of unbranched alkanes of at least 4 members (excludes halogenated alkanes) is 1. The first-order valence-electron chi connectivity index (χ1n) is 11.6. The molecule has 0 unspecified atom stereocenters. The van der Waals surface area contributed by atoms with E-state index in [1.54, 1.807) is 0 Å². The zero-order valence-corrected chi connectivity index (χ0v) is 19.6. The van der Waals surface area contributed by atoms with Gasteiger partial charge in [-0.15, -0.1) is 0 Å². The molecule has 6 nitrogen and oxygen atoms in total. The Bertz CT molecular complexity index is 1220. The smallest absolute Gasteiger partial charge is 0.250 e. The lowest BCUT2D eigenvalue weighted by Crippen LogP contribution is -2.36. The van der Waals surface area contributed by atoms with Crippen LogP contribution in [0.5, 0.6) is 0 Å². The molecule has 0 saturated carbocycles. The minimum absolute atomic E-state index is 0.457. The van der Waals surface area contributed by atoms with Crippen LogP contribution < -0.4 is 10.6 Å². The van der Waals surface area contributed by atoms with Crippen molar-refractivity contribution in [3.05, 3.63) is 71.2 Å². The highest BCUT2D eigenvalue weighted by atomic mass is 16.5. The minimum Gasteiger partial charge on any atom is -0.378 e. The van der Waals surface area contributed by atoms with Crippen molar-refractivity contribution in [1.29, 1.82) is 0 Å². The number of nitrogens with zero attached hydrogens (tertiary/aromatic N) is 2. The van der Waals surface area contributed by atoms with Crippen LogP contribution in [0.2, 0.25) is 0 Å². The Kier molecular flexibility index (Phi) is 6.94. The summed E-state index contributed by atoms with van der Waals surface area (Å²) in [6.07, 6.45) is 9.62. The van der Waals surface area contributed by atoms with Crippen LogP contribution in [0.4, 0.5) is 5.69 Å². The van der Waals surface area contributed by atoms with Crippen molar-refractivity contribution in [1.82, 2.24) is 9.97 Å². The quantitative estimate of drug-likeness (QED) is 0.406. The number of nitrogens with one attached hydrogen (secondary N) is 1. The molecule has 1 saturated heterocycles. The molecule has 0 atom stereocenters. The number of rotatable bonds is 7. The number of amides is 1. The fourth-order valence-corrected chi connectivity index (χ4v) is 4.31. The number of aromatic nitrogens is 2. The number of morpholine rings is 1. The average molecular weight is 445 g/mol. The summed E-state index contributed by atoms with van der Waals surface area (Å²) in [5.74, 6) is -0.457. The number of pyridine rings is 1. The van der Waals surface area contributed by atoms with Gasteiger partial charge in [0, 0.05) is 42.1 Å². The lowest BCUT2D eigenvalue weighted by molar-refractivity contribution is -0.112. The summed E-state index contributed by atoms with van der Waals surface area (Å²) < 4.78 is 5.48. The molecule has 4 rings (SSSR count). The Morgan fingerprint density at radius 1 is 1.21 bits per heavy atom. The van der Waals surface area contributed by atoms with Crippen molar-refractivity contribution in [2.75, 3.05) is 31.2 Å². The van der Waals surface area contributed by atoms with Gasteiger partial charge >= 0.3 is 0 Å². The molecule has 2 aromatic heterocycles. The Labute approximate surface area is 195 Å². The molecule has 6 heteroatoms. The molecule has 1 amide bonds. The molecule has 3 aromatic rings. The summed E-state index contributed by atoms with van der Waals surface area (Å²) in [6.45, 7) is 9.41. The van der Waals surface area contributed by atoms with Gasteiger partial charge < -0.3 is 20.4 Å². The minimum atomic E-state index is -0.457. The van der Waals surface area contributed by atoms with Gasteiger partial charge in [0.1, 0.15) is 0 Å². The predicted octanol–water partition coefficient (Wildman–Crippen LogP) is 4.77. The Morgan fingerprint density at radius 3 is 2.70 bits per heavy atom. The van der Waals surface area contributed by atoms with Gasteiger partial charge in [-0.1, -0.05) is 25.5 Å². The number of primary amides is 1.